The first kappa shape index (κ1) is 21.3. The number of hydrogen-bond donors (Lipinski definition) is 1. The van der Waals surface area contributed by atoms with Crippen LogP contribution in [0.1, 0.15) is 50.5 Å². The Hall–Kier alpha value is -2.45. The summed E-state index contributed by atoms with van der Waals surface area (Å²) in [7, 11) is 0. The summed E-state index contributed by atoms with van der Waals surface area (Å²) in [5.74, 6) is -2.94. The first-order chi connectivity index (χ1) is 13.5. The molecule has 0 radical (unpaired) electrons. The topological polar surface area (TPSA) is 88.8 Å². The summed E-state index contributed by atoms with van der Waals surface area (Å²) in [5.41, 5.74) is 5.29. The van der Waals surface area contributed by atoms with Gasteiger partial charge in [-0.3, -0.25) is 9.59 Å². The van der Waals surface area contributed by atoms with E-state index >= 15 is 0 Å². The molecule has 1 saturated heterocycles. The summed E-state index contributed by atoms with van der Waals surface area (Å²) in [4.78, 5) is 31.7. The number of carbonyl (C=O) groups excluding carboxylic acids is 2. The predicted octanol–water partition coefficient (Wildman–Crippen LogP) is 2.44. The maximum absolute atomic E-state index is 13.3. The van der Waals surface area contributed by atoms with Crippen molar-refractivity contribution in [2.24, 2.45) is 11.7 Å². The standard InChI is InChI=1S/C20H28F2N4O3/c1-19(2,3)26(9-8-16(23)27)18(28)14-6-7-15(25-11-20(21,22)12-25)17(24-14)29-10-13-4-5-13/h6-7,13H,4-5,8-12H2,1-3H3,(H2,23,27). The van der Waals surface area contributed by atoms with Crippen LogP contribution in [0.25, 0.3) is 0 Å². The van der Waals surface area contributed by atoms with Gasteiger partial charge in [-0.15, -0.1) is 0 Å². The highest BCUT2D eigenvalue weighted by Gasteiger charge is 2.45. The van der Waals surface area contributed by atoms with Crippen LogP contribution in [-0.2, 0) is 4.79 Å². The molecule has 3 rings (SSSR count). The highest BCUT2D eigenvalue weighted by Crippen LogP contribution is 2.38. The Bertz CT molecular complexity index is 782. The number of aromatic nitrogens is 1. The zero-order valence-corrected chi connectivity index (χ0v) is 17.1. The van der Waals surface area contributed by atoms with E-state index in [1.54, 1.807) is 6.07 Å². The number of nitrogens with zero attached hydrogens (tertiary/aromatic N) is 3. The number of primary amides is 1. The summed E-state index contributed by atoms with van der Waals surface area (Å²) < 4.78 is 32.4. The van der Waals surface area contributed by atoms with Gasteiger partial charge in [0.25, 0.3) is 11.8 Å². The second kappa shape index (κ2) is 7.76. The van der Waals surface area contributed by atoms with Crippen molar-refractivity contribution in [1.29, 1.82) is 0 Å². The van der Waals surface area contributed by atoms with Gasteiger partial charge < -0.3 is 20.3 Å². The summed E-state index contributed by atoms with van der Waals surface area (Å²) in [6.45, 7) is 5.39. The van der Waals surface area contributed by atoms with Gasteiger partial charge in [0.15, 0.2) is 0 Å². The number of ether oxygens (including phenoxy) is 1. The zero-order valence-electron chi connectivity index (χ0n) is 17.1. The molecule has 160 valence electrons. The molecule has 1 aliphatic heterocycles. The molecule has 2 amide bonds. The van der Waals surface area contributed by atoms with Crippen molar-refractivity contribution in [2.75, 3.05) is 31.1 Å². The third-order valence-corrected chi connectivity index (χ3v) is 5.03. The van der Waals surface area contributed by atoms with Crippen LogP contribution in [0, 0.1) is 5.92 Å². The number of hydrogen-bond acceptors (Lipinski definition) is 5. The summed E-state index contributed by atoms with van der Waals surface area (Å²) in [5, 5.41) is 0. The van der Waals surface area contributed by atoms with Crippen LogP contribution >= 0.6 is 0 Å². The number of nitrogens with two attached hydrogens (primary N) is 1. The van der Waals surface area contributed by atoms with E-state index in [1.165, 1.54) is 15.9 Å². The zero-order chi connectivity index (χ0) is 21.4. The van der Waals surface area contributed by atoms with Crippen LogP contribution in [0.15, 0.2) is 12.1 Å². The second-order valence-corrected chi connectivity index (χ2v) is 8.83. The van der Waals surface area contributed by atoms with Crippen molar-refractivity contribution in [1.82, 2.24) is 9.88 Å². The van der Waals surface area contributed by atoms with Crippen molar-refractivity contribution < 1.29 is 23.1 Å². The number of anilines is 1. The van der Waals surface area contributed by atoms with Crippen LogP contribution < -0.4 is 15.4 Å². The van der Waals surface area contributed by atoms with E-state index < -0.39 is 30.5 Å². The smallest absolute Gasteiger partial charge is 0.282 e. The highest BCUT2D eigenvalue weighted by molar-refractivity contribution is 5.93. The van der Waals surface area contributed by atoms with E-state index in [2.05, 4.69) is 4.98 Å². The molecule has 29 heavy (non-hydrogen) atoms. The number of amides is 2. The van der Waals surface area contributed by atoms with Crippen molar-refractivity contribution in [3.05, 3.63) is 17.8 Å². The van der Waals surface area contributed by atoms with Gasteiger partial charge in [-0.1, -0.05) is 0 Å². The largest absolute Gasteiger partial charge is 0.476 e. The number of alkyl halides is 2. The fourth-order valence-electron chi connectivity index (χ4n) is 3.16. The summed E-state index contributed by atoms with van der Waals surface area (Å²) in [6.07, 6.45) is 2.18. The molecule has 1 aromatic rings. The van der Waals surface area contributed by atoms with Gasteiger partial charge in [-0.25, -0.2) is 13.8 Å². The number of carbonyl (C=O) groups is 2. The lowest BCUT2D eigenvalue weighted by Crippen LogP contribution is -2.56. The Morgan fingerprint density at radius 2 is 1.97 bits per heavy atom. The van der Waals surface area contributed by atoms with E-state index in [4.69, 9.17) is 10.5 Å². The average Bonchev–Trinajstić information content (AvgIpc) is 3.40. The van der Waals surface area contributed by atoms with Gasteiger partial charge in [-0.2, -0.15) is 0 Å². The van der Waals surface area contributed by atoms with Crippen LogP contribution in [0.2, 0.25) is 0 Å². The van der Waals surface area contributed by atoms with Crippen LogP contribution in [0.5, 0.6) is 5.88 Å². The monoisotopic (exact) mass is 410 g/mol. The lowest BCUT2D eigenvalue weighted by molar-refractivity contribution is -0.118. The Labute approximate surface area is 169 Å². The molecule has 1 aromatic heterocycles. The molecule has 0 aromatic carbocycles. The molecule has 0 bridgehead atoms. The van der Waals surface area contributed by atoms with Crippen LogP contribution in [0.3, 0.4) is 0 Å². The van der Waals surface area contributed by atoms with E-state index in [-0.39, 0.29) is 30.4 Å². The minimum Gasteiger partial charge on any atom is -0.476 e. The molecule has 9 heteroatoms. The lowest BCUT2D eigenvalue weighted by Gasteiger charge is -2.40. The SMILES string of the molecule is CC(C)(C)N(CCC(N)=O)C(=O)c1ccc(N2CC(F)(F)C2)c(OCC2CC2)n1. The van der Waals surface area contributed by atoms with Crippen molar-refractivity contribution >= 4 is 17.5 Å². The Balaban J connectivity index is 1.84. The maximum atomic E-state index is 13.3. The van der Waals surface area contributed by atoms with Crippen LogP contribution in [-0.4, -0.2) is 59.4 Å². The van der Waals surface area contributed by atoms with Gasteiger partial charge in [0.05, 0.1) is 19.7 Å². The summed E-state index contributed by atoms with van der Waals surface area (Å²) >= 11 is 0. The van der Waals surface area contributed by atoms with Gasteiger partial charge in [-0.05, 0) is 51.7 Å². The first-order valence-electron chi connectivity index (χ1n) is 9.83. The van der Waals surface area contributed by atoms with Gasteiger partial charge >= 0.3 is 0 Å². The second-order valence-electron chi connectivity index (χ2n) is 8.83. The molecule has 0 spiro atoms. The normalized spacial score (nSPS) is 18.2. The molecule has 2 fully saturated rings. The third kappa shape index (κ3) is 5.33. The molecule has 1 aliphatic carbocycles. The summed E-state index contributed by atoms with van der Waals surface area (Å²) in [6, 6.07) is 3.12. The van der Waals surface area contributed by atoms with Gasteiger partial charge in [0.1, 0.15) is 11.4 Å². The Morgan fingerprint density at radius 1 is 1.31 bits per heavy atom. The fourth-order valence-corrected chi connectivity index (χ4v) is 3.16. The molecule has 7 nitrogen and oxygen atoms in total. The van der Waals surface area contributed by atoms with Crippen molar-refractivity contribution in [3.8, 4) is 5.88 Å². The van der Waals surface area contributed by atoms with E-state index in [1.807, 2.05) is 20.8 Å². The van der Waals surface area contributed by atoms with Gasteiger partial charge in [0, 0.05) is 18.5 Å². The predicted molar refractivity (Wildman–Crippen MR) is 104 cm³/mol. The van der Waals surface area contributed by atoms with E-state index in [0.29, 0.717) is 18.2 Å². The van der Waals surface area contributed by atoms with E-state index in [0.717, 1.165) is 12.8 Å². The van der Waals surface area contributed by atoms with Crippen molar-refractivity contribution in [2.45, 2.75) is 51.5 Å². The van der Waals surface area contributed by atoms with E-state index in [9.17, 15) is 18.4 Å². The molecule has 0 unspecified atom stereocenters. The molecular weight excluding hydrogens is 382 g/mol. The van der Waals surface area contributed by atoms with Gasteiger partial charge in [0.2, 0.25) is 11.8 Å². The molecule has 2 heterocycles. The minimum absolute atomic E-state index is 0.0367. The highest BCUT2D eigenvalue weighted by atomic mass is 19.3. The van der Waals surface area contributed by atoms with Crippen LogP contribution in [0.4, 0.5) is 14.5 Å². The van der Waals surface area contributed by atoms with Crippen molar-refractivity contribution in [3.63, 3.8) is 0 Å². The minimum atomic E-state index is -2.72. The Kier molecular flexibility index (Phi) is 5.69. The number of rotatable bonds is 8. The number of halogens is 2. The quantitative estimate of drug-likeness (QED) is 0.711. The molecule has 2 N–H and O–H groups in total. The maximum Gasteiger partial charge on any atom is 0.282 e. The first-order valence-corrected chi connectivity index (χ1v) is 9.83. The molecule has 0 atom stereocenters. The molecule has 1 saturated carbocycles. The third-order valence-electron chi connectivity index (χ3n) is 5.03. The fraction of sp³-hybridized carbons (Fsp3) is 0.650. The lowest BCUT2D eigenvalue weighted by atomic mass is 10.0. The Morgan fingerprint density at radius 3 is 2.48 bits per heavy atom. The number of pyridine rings is 1. The molecule has 2 aliphatic rings. The average molecular weight is 410 g/mol. The molecular formula is C20H28F2N4O3.